The SMILES string of the molecule is O=C(COCc1ccccc1)NCCCOc1cccc(CN2CCCCC2)c1. The molecule has 1 heterocycles. The van der Waals surface area contributed by atoms with Gasteiger partial charge >= 0.3 is 0 Å². The molecule has 0 unspecified atom stereocenters. The molecule has 1 aliphatic rings. The van der Waals surface area contributed by atoms with E-state index in [0.29, 0.717) is 19.8 Å². The third kappa shape index (κ3) is 8.26. The lowest BCUT2D eigenvalue weighted by Gasteiger charge is -2.26. The smallest absolute Gasteiger partial charge is 0.246 e. The average Bonchev–Trinajstić information content (AvgIpc) is 2.75. The van der Waals surface area contributed by atoms with Crippen molar-refractivity contribution in [2.45, 2.75) is 38.8 Å². The van der Waals surface area contributed by atoms with Crippen molar-refractivity contribution < 1.29 is 14.3 Å². The molecule has 1 aliphatic heterocycles. The van der Waals surface area contributed by atoms with Crippen molar-refractivity contribution in [1.82, 2.24) is 10.2 Å². The second kappa shape index (κ2) is 12.2. The lowest BCUT2D eigenvalue weighted by Crippen LogP contribution is -2.29. The number of nitrogens with zero attached hydrogens (tertiary/aromatic N) is 1. The van der Waals surface area contributed by atoms with E-state index < -0.39 is 0 Å². The molecule has 0 saturated carbocycles. The lowest BCUT2D eigenvalue weighted by atomic mass is 10.1. The lowest BCUT2D eigenvalue weighted by molar-refractivity contribution is -0.126. The molecule has 1 amide bonds. The minimum Gasteiger partial charge on any atom is -0.494 e. The minimum atomic E-state index is -0.0931. The van der Waals surface area contributed by atoms with Crippen LogP contribution in [0.15, 0.2) is 54.6 Å². The monoisotopic (exact) mass is 396 g/mol. The van der Waals surface area contributed by atoms with Gasteiger partial charge in [-0.25, -0.2) is 0 Å². The van der Waals surface area contributed by atoms with Crippen LogP contribution in [0.2, 0.25) is 0 Å². The number of amides is 1. The summed E-state index contributed by atoms with van der Waals surface area (Å²) in [7, 11) is 0. The van der Waals surface area contributed by atoms with E-state index in [-0.39, 0.29) is 12.5 Å². The molecule has 156 valence electrons. The fourth-order valence-electron chi connectivity index (χ4n) is 3.49. The molecule has 1 fully saturated rings. The highest BCUT2D eigenvalue weighted by Gasteiger charge is 2.10. The molecule has 0 spiro atoms. The third-order valence-corrected chi connectivity index (χ3v) is 5.01. The van der Waals surface area contributed by atoms with Crippen molar-refractivity contribution in [3.05, 3.63) is 65.7 Å². The van der Waals surface area contributed by atoms with E-state index in [4.69, 9.17) is 9.47 Å². The largest absolute Gasteiger partial charge is 0.494 e. The minimum absolute atomic E-state index is 0.0777. The third-order valence-electron chi connectivity index (χ3n) is 5.01. The number of benzene rings is 2. The highest BCUT2D eigenvalue weighted by molar-refractivity contribution is 5.77. The fourth-order valence-corrected chi connectivity index (χ4v) is 3.49. The van der Waals surface area contributed by atoms with Crippen LogP contribution < -0.4 is 10.1 Å². The van der Waals surface area contributed by atoms with Gasteiger partial charge in [-0.2, -0.15) is 0 Å². The average molecular weight is 397 g/mol. The van der Waals surface area contributed by atoms with Crippen LogP contribution in [-0.4, -0.2) is 43.7 Å². The van der Waals surface area contributed by atoms with Crippen LogP contribution in [0.5, 0.6) is 5.75 Å². The van der Waals surface area contributed by atoms with Crippen LogP contribution in [-0.2, 0) is 22.7 Å². The van der Waals surface area contributed by atoms with Crippen LogP contribution in [0.3, 0.4) is 0 Å². The number of rotatable bonds is 11. The molecule has 2 aromatic rings. The molecule has 3 rings (SSSR count). The van der Waals surface area contributed by atoms with Crippen molar-refractivity contribution in [3.63, 3.8) is 0 Å². The number of likely N-dealkylation sites (tertiary alicyclic amines) is 1. The first kappa shape index (κ1) is 21.3. The predicted molar refractivity (Wildman–Crippen MR) is 115 cm³/mol. The van der Waals surface area contributed by atoms with Gasteiger partial charge in [-0.05, 0) is 55.6 Å². The molecule has 5 heteroatoms. The Hall–Kier alpha value is -2.37. The second-order valence-corrected chi connectivity index (χ2v) is 7.51. The summed E-state index contributed by atoms with van der Waals surface area (Å²) in [4.78, 5) is 14.3. The first-order valence-electron chi connectivity index (χ1n) is 10.6. The standard InChI is InChI=1S/C24H32N2O3/c27-24(20-28-19-21-9-3-1-4-10-21)25-13-8-16-29-23-12-7-11-22(17-23)18-26-14-5-2-6-15-26/h1,3-4,7,9-12,17H,2,5-6,8,13-16,18-20H2,(H,25,27). The Morgan fingerprint density at radius 2 is 1.76 bits per heavy atom. The highest BCUT2D eigenvalue weighted by Crippen LogP contribution is 2.17. The summed E-state index contributed by atoms with van der Waals surface area (Å²) in [6.07, 6.45) is 4.73. The van der Waals surface area contributed by atoms with Crippen LogP contribution in [0.4, 0.5) is 0 Å². The normalized spacial score (nSPS) is 14.5. The Labute approximate surface area is 174 Å². The van der Waals surface area contributed by atoms with Crippen LogP contribution in [0.25, 0.3) is 0 Å². The first-order valence-corrected chi connectivity index (χ1v) is 10.6. The van der Waals surface area contributed by atoms with Gasteiger partial charge in [0.2, 0.25) is 5.91 Å². The molecular weight excluding hydrogens is 364 g/mol. The van der Waals surface area contributed by atoms with Gasteiger partial charge in [0, 0.05) is 13.1 Å². The number of nitrogens with one attached hydrogen (secondary N) is 1. The highest BCUT2D eigenvalue weighted by atomic mass is 16.5. The molecule has 5 nitrogen and oxygen atoms in total. The summed E-state index contributed by atoms with van der Waals surface area (Å²) in [5.41, 5.74) is 2.37. The summed E-state index contributed by atoms with van der Waals surface area (Å²) in [5.74, 6) is 0.807. The van der Waals surface area contributed by atoms with Crippen LogP contribution in [0, 0.1) is 0 Å². The fraction of sp³-hybridized carbons (Fsp3) is 0.458. The van der Waals surface area contributed by atoms with Gasteiger partial charge in [0.05, 0.1) is 13.2 Å². The van der Waals surface area contributed by atoms with Gasteiger partial charge in [0.1, 0.15) is 12.4 Å². The number of hydrogen-bond acceptors (Lipinski definition) is 4. The maximum Gasteiger partial charge on any atom is 0.246 e. The van der Waals surface area contributed by atoms with Gasteiger partial charge in [-0.15, -0.1) is 0 Å². The Morgan fingerprint density at radius 3 is 2.59 bits per heavy atom. The number of ether oxygens (including phenoxy) is 2. The van der Waals surface area contributed by atoms with E-state index in [9.17, 15) is 4.79 Å². The van der Waals surface area contributed by atoms with Crippen molar-refractivity contribution in [3.8, 4) is 5.75 Å². The van der Waals surface area contributed by atoms with E-state index in [0.717, 1.165) is 24.3 Å². The second-order valence-electron chi connectivity index (χ2n) is 7.51. The van der Waals surface area contributed by atoms with E-state index in [1.54, 1.807) is 0 Å². The summed E-state index contributed by atoms with van der Waals surface area (Å²) < 4.78 is 11.3. The maximum absolute atomic E-state index is 11.8. The zero-order chi connectivity index (χ0) is 20.2. The molecule has 1 saturated heterocycles. The summed E-state index contributed by atoms with van der Waals surface area (Å²) in [6.45, 7) is 5.08. The van der Waals surface area contributed by atoms with Gasteiger partial charge in [-0.3, -0.25) is 9.69 Å². The number of piperidine rings is 1. The first-order chi connectivity index (χ1) is 14.3. The Kier molecular flexibility index (Phi) is 9.01. The maximum atomic E-state index is 11.8. The Balaban J connectivity index is 1.26. The molecule has 0 atom stereocenters. The van der Waals surface area contributed by atoms with Gasteiger partial charge in [-0.1, -0.05) is 48.9 Å². The molecule has 0 radical (unpaired) electrons. The van der Waals surface area contributed by atoms with Gasteiger partial charge < -0.3 is 14.8 Å². The van der Waals surface area contributed by atoms with Gasteiger partial charge in [0.25, 0.3) is 0 Å². The van der Waals surface area contributed by atoms with Crippen LogP contribution >= 0.6 is 0 Å². The van der Waals surface area contributed by atoms with E-state index in [1.807, 2.05) is 36.4 Å². The number of carbonyl (C=O) groups excluding carboxylic acids is 1. The molecular formula is C24H32N2O3. The van der Waals surface area contributed by atoms with E-state index in [1.165, 1.54) is 37.9 Å². The molecule has 0 aliphatic carbocycles. The Bertz CT molecular complexity index is 730. The predicted octanol–water partition coefficient (Wildman–Crippen LogP) is 3.77. The number of carbonyl (C=O) groups is 1. The van der Waals surface area contributed by atoms with Crippen molar-refractivity contribution in [1.29, 1.82) is 0 Å². The zero-order valence-electron chi connectivity index (χ0n) is 17.1. The van der Waals surface area contributed by atoms with Crippen molar-refractivity contribution >= 4 is 5.91 Å². The summed E-state index contributed by atoms with van der Waals surface area (Å²) in [5, 5.41) is 2.87. The molecule has 1 N–H and O–H groups in total. The quantitative estimate of drug-likeness (QED) is 0.588. The Morgan fingerprint density at radius 1 is 0.966 bits per heavy atom. The van der Waals surface area contributed by atoms with Crippen LogP contribution in [0.1, 0.15) is 36.8 Å². The van der Waals surface area contributed by atoms with E-state index >= 15 is 0 Å². The zero-order valence-corrected chi connectivity index (χ0v) is 17.1. The molecule has 0 bridgehead atoms. The number of hydrogen-bond donors (Lipinski definition) is 1. The van der Waals surface area contributed by atoms with Gasteiger partial charge in [0.15, 0.2) is 0 Å². The summed E-state index contributed by atoms with van der Waals surface area (Å²) in [6, 6.07) is 18.2. The molecule has 29 heavy (non-hydrogen) atoms. The molecule has 0 aromatic heterocycles. The van der Waals surface area contributed by atoms with Crippen molar-refractivity contribution in [2.75, 3.05) is 32.8 Å². The molecule has 2 aromatic carbocycles. The topological polar surface area (TPSA) is 50.8 Å². The van der Waals surface area contributed by atoms with E-state index in [2.05, 4.69) is 28.4 Å². The van der Waals surface area contributed by atoms with Crippen molar-refractivity contribution in [2.24, 2.45) is 0 Å². The summed E-state index contributed by atoms with van der Waals surface area (Å²) >= 11 is 0.